The van der Waals surface area contributed by atoms with Crippen LogP contribution in [-0.2, 0) is 19.0 Å². The van der Waals surface area contributed by atoms with Gasteiger partial charge in [-0.2, -0.15) is 8.42 Å². The van der Waals surface area contributed by atoms with E-state index in [2.05, 4.69) is 4.18 Å². The predicted molar refractivity (Wildman–Crippen MR) is 46.5 cm³/mol. The second-order valence-electron chi connectivity index (χ2n) is 2.64. The highest BCUT2D eigenvalue weighted by Gasteiger charge is 2.09. The van der Waals surface area contributed by atoms with Gasteiger partial charge >= 0.3 is 0 Å². The molecule has 0 aliphatic carbocycles. The first-order chi connectivity index (χ1) is 5.49. The lowest BCUT2D eigenvalue weighted by Gasteiger charge is -2.12. The molecule has 0 aliphatic heterocycles. The predicted octanol–water partition coefficient (Wildman–Crippen LogP) is 0.778. The fourth-order valence-corrected chi connectivity index (χ4v) is 1.19. The molecule has 0 aliphatic rings. The molecular formula is C7H16O4S. The summed E-state index contributed by atoms with van der Waals surface area (Å²) >= 11 is 0. The Morgan fingerprint density at radius 3 is 2.33 bits per heavy atom. The average Bonchev–Trinajstić information content (AvgIpc) is 1.96. The van der Waals surface area contributed by atoms with Gasteiger partial charge in [0.2, 0.25) is 0 Å². The van der Waals surface area contributed by atoms with Gasteiger partial charge in [-0.05, 0) is 6.42 Å². The topological polar surface area (TPSA) is 52.6 Å². The molecule has 74 valence electrons. The van der Waals surface area contributed by atoms with Crippen molar-refractivity contribution in [2.75, 3.05) is 20.0 Å². The van der Waals surface area contributed by atoms with Crippen LogP contribution in [0, 0.1) is 0 Å². The summed E-state index contributed by atoms with van der Waals surface area (Å²) in [5.41, 5.74) is 0. The lowest BCUT2D eigenvalue weighted by atomic mass is 10.2. The standard InChI is InChI=1S/C7H16O4S/c1-4-5-7(10-2)6-11-12(3,8)9/h7H,4-6H2,1-3H3. The first-order valence-corrected chi connectivity index (χ1v) is 5.68. The van der Waals surface area contributed by atoms with Crippen molar-refractivity contribution in [2.45, 2.75) is 25.9 Å². The number of hydrogen-bond donors (Lipinski definition) is 0. The lowest BCUT2D eigenvalue weighted by molar-refractivity contribution is 0.0540. The number of ether oxygens (including phenoxy) is 1. The molecule has 0 N–H and O–H groups in total. The molecule has 1 unspecified atom stereocenters. The molecule has 0 rings (SSSR count). The molecule has 0 bridgehead atoms. The zero-order valence-electron chi connectivity index (χ0n) is 7.74. The summed E-state index contributed by atoms with van der Waals surface area (Å²) in [5, 5.41) is 0. The Labute approximate surface area is 74.0 Å². The average molecular weight is 196 g/mol. The van der Waals surface area contributed by atoms with Crippen molar-refractivity contribution in [1.29, 1.82) is 0 Å². The summed E-state index contributed by atoms with van der Waals surface area (Å²) in [6.07, 6.45) is 2.67. The van der Waals surface area contributed by atoms with Gasteiger partial charge in [-0.1, -0.05) is 13.3 Å². The molecule has 5 heteroatoms. The van der Waals surface area contributed by atoms with Gasteiger partial charge in [0.1, 0.15) is 0 Å². The largest absolute Gasteiger partial charge is 0.379 e. The molecule has 4 nitrogen and oxygen atoms in total. The second-order valence-corrected chi connectivity index (χ2v) is 4.28. The zero-order valence-corrected chi connectivity index (χ0v) is 8.56. The molecule has 12 heavy (non-hydrogen) atoms. The van der Waals surface area contributed by atoms with Gasteiger partial charge in [0.15, 0.2) is 0 Å². The summed E-state index contributed by atoms with van der Waals surface area (Å²) in [6, 6.07) is 0. The summed E-state index contributed by atoms with van der Waals surface area (Å²) < 4.78 is 30.7. The first-order valence-electron chi connectivity index (χ1n) is 3.86. The van der Waals surface area contributed by atoms with Crippen LogP contribution in [0.1, 0.15) is 19.8 Å². The minimum atomic E-state index is -3.33. The van der Waals surface area contributed by atoms with Crippen molar-refractivity contribution < 1.29 is 17.3 Å². The quantitative estimate of drug-likeness (QED) is 0.589. The fraction of sp³-hybridized carbons (Fsp3) is 1.00. The Morgan fingerprint density at radius 2 is 2.00 bits per heavy atom. The zero-order chi connectivity index (χ0) is 9.61. The maximum Gasteiger partial charge on any atom is 0.264 e. The monoisotopic (exact) mass is 196 g/mol. The van der Waals surface area contributed by atoms with E-state index in [9.17, 15) is 8.42 Å². The van der Waals surface area contributed by atoms with E-state index in [0.717, 1.165) is 19.1 Å². The molecule has 0 aromatic heterocycles. The van der Waals surface area contributed by atoms with Crippen LogP contribution in [0.4, 0.5) is 0 Å². The molecule has 0 spiro atoms. The third kappa shape index (κ3) is 6.57. The summed E-state index contributed by atoms with van der Waals surface area (Å²) in [6.45, 7) is 2.12. The maximum absolute atomic E-state index is 10.6. The molecule has 0 amide bonds. The molecule has 0 radical (unpaired) electrons. The molecule has 0 fully saturated rings. The Kier molecular flexibility index (Phi) is 5.44. The van der Waals surface area contributed by atoms with Gasteiger partial charge in [0.05, 0.1) is 19.0 Å². The van der Waals surface area contributed by atoms with Crippen molar-refractivity contribution in [3.8, 4) is 0 Å². The van der Waals surface area contributed by atoms with Crippen molar-refractivity contribution in [2.24, 2.45) is 0 Å². The minimum Gasteiger partial charge on any atom is -0.379 e. The minimum absolute atomic E-state index is 0.114. The van der Waals surface area contributed by atoms with E-state index < -0.39 is 10.1 Å². The third-order valence-electron chi connectivity index (χ3n) is 1.41. The van der Waals surface area contributed by atoms with Crippen LogP contribution in [0.15, 0.2) is 0 Å². The van der Waals surface area contributed by atoms with Crippen molar-refractivity contribution in [3.05, 3.63) is 0 Å². The van der Waals surface area contributed by atoms with Crippen LogP contribution in [0.3, 0.4) is 0 Å². The van der Waals surface area contributed by atoms with Gasteiger partial charge in [-0.15, -0.1) is 0 Å². The normalized spacial score (nSPS) is 14.6. The highest BCUT2D eigenvalue weighted by Crippen LogP contribution is 2.02. The van der Waals surface area contributed by atoms with Gasteiger partial charge in [0, 0.05) is 7.11 Å². The van der Waals surface area contributed by atoms with Crippen LogP contribution < -0.4 is 0 Å². The van der Waals surface area contributed by atoms with Crippen molar-refractivity contribution in [3.63, 3.8) is 0 Å². The molecular weight excluding hydrogens is 180 g/mol. The van der Waals surface area contributed by atoms with E-state index in [0.29, 0.717) is 0 Å². The number of rotatable bonds is 6. The summed E-state index contributed by atoms with van der Waals surface area (Å²) in [4.78, 5) is 0. The maximum atomic E-state index is 10.6. The smallest absolute Gasteiger partial charge is 0.264 e. The van der Waals surface area contributed by atoms with Gasteiger partial charge < -0.3 is 4.74 Å². The SMILES string of the molecule is CCCC(COS(C)(=O)=O)OC. The molecule has 1 atom stereocenters. The van der Waals surface area contributed by atoms with Crippen LogP contribution in [0.25, 0.3) is 0 Å². The van der Waals surface area contributed by atoms with Crippen LogP contribution in [0.2, 0.25) is 0 Å². The highest BCUT2D eigenvalue weighted by atomic mass is 32.2. The van der Waals surface area contributed by atoms with Crippen molar-refractivity contribution >= 4 is 10.1 Å². The third-order valence-corrected chi connectivity index (χ3v) is 1.98. The number of hydrogen-bond acceptors (Lipinski definition) is 4. The van der Waals surface area contributed by atoms with E-state index in [-0.39, 0.29) is 12.7 Å². The molecule has 0 aromatic carbocycles. The van der Waals surface area contributed by atoms with Gasteiger partial charge in [-0.25, -0.2) is 0 Å². The van der Waals surface area contributed by atoms with Crippen LogP contribution in [-0.4, -0.2) is 34.5 Å². The van der Waals surface area contributed by atoms with Crippen LogP contribution in [0.5, 0.6) is 0 Å². The Morgan fingerprint density at radius 1 is 1.42 bits per heavy atom. The second kappa shape index (κ2) is 5.50. The Bertz CT molecular complexity index is 197. The van der Waals surface area contributed by atoms with Gasteiger partial charge in [-0.3, -0.25) is 4.18 Å². The highest BCUT2D eigenvalue weighted by molar-refractivity contribution is 7.85. The molecule has 0 aromatic rings. The fourth-order valence-electron chi connectivity index (χ4n) is 0.791. The van der Waals surface area contributed by atoms with Crippen molar-refractivity contribution in [1.82, 2.24) is 0 Å². The van der Waals surface area contributed by atoms with E-state index in [1.54, 1.807) is 7.11 Å². The first kappa shape index (κ1) is 11.9. The summed E-state index contributed by atoms with van der Waals surface area (Å²) in [5.74, 6) is 0. The molecule has 0 saturated carbocycles. The Balaban J connectivity index is 3.73. The molecule has 0 heterocycles. The summed E-state index contributed by atoms with van der Waals surface area (Å²) in [7, 11) is -1.78. The Hall–Kier alpha value is -0.130. The van der Waals surface area contributed by atoms with Crippen LogP contribution >= 0.6 is 0 Å². The number of methoxy groups -OCH3 is 1. The van der Waals surface area contributed by atoms with E-state index >= 15 is 0 Å². The van der Waals surface area contributed by atoms with E-state index in [4.69, 9.17) is 4.74 Å². The van der Waals surface area contributed by atoms with E-state index in [1.807, 2.05) is 6.92 Å². The lowest BCUT2D eigenvalue weighted by Crippen LogP contribution is -2.20. The van der Waals surface area contributed by atoms with Gasteiger partial charge in [0.25, 0.3) is 10.1 Å². The molecule has 0 saturated heterocycles. The van der Waals surface area contributed by atoms with E-state index in [1.165, 1.54) is 0 Å².